The van der Waals surface area contributed by atoms with Crippen LogP contribution in [0.2, 0.25) is 5.02 Å². The first-order valence-corrected chi connectivity index (χ1v) is 13.7. The van der Waals surface area contributed by atoms with Gasteiger partial charge in [0.1, 0.15) is 17.4 Å². The number of benzene rings is 2. The molecule has 2 heterocycles. The zero-order valence-corrected chi connectivity index (χ0v) is 21.9. The molecule has 1 unspecified atom stereocenters. The molecule has 10 heteroatoms. The van der Waals surface area contributed by atoms with E-state index in [9.17, 15) is 4.57 Å². The Morgan fingerprint density at radius 1 is 1.09 bits per heavy atom. The molecule has 8 nitrogen and oxygen atoms in total. The minimum atomic E-state index is -1.53. The van der Waals surface area contributed by atoms with Crippen molar-refractivity contribution in [2.75, 3.05) is 64.2 Å². The van der Waals surface area contributed by atoms with Gasteiger partial charge >= 0.3 is 7.80 Å². The van der Waals surface area contributed by atoms with Gasteiger partial charge in [-0.25, -0.2) is 4.98 Å². The molecule has 1 aliphatic rings. The van der Waals surface area contributed by atoms with E-state index in [-0.39, 0.29) is 0 Å². The highest BCUT2D eigenvalue weighted by atomic mass is 35.5. The number of likely N-dealkylation sites (N-methyl/N-ethyl adjacent to an activating group) is 1. The Morgan fingerprint density at radius 3 is 2.60 bits per heavy atom. The maximum atomic E-state index is 12.1. The van der Waals surface area contributed by atoms with Gasteiger partial charge in [-0.3, -0.25) is 0 Å². The summed E-state index contributed by atoms with van der Waals surface area (Å²) in [6.07, 6.45) is 2.50. The Hall–Kier alpha value is -2.77. The van der Waals surface area contributed by atoms with Crippen molar-refractivity contribution in [3.05, 3.63) is 59.2 Å². The Bertz CT molecular complexity index is 1190. The van der Waals surface area contributed by atoms with Crippen molar-refractivity contribution in [1.82, 2.24) is 19.8 Å². The fourth-order valence-corrected chi connectivity index (χ4v) is 4.87. The molecule has 1 aliphatic heterocycles. The van der Waals surface area contributed by atoms with E-state index < -0.39 is 7.80 Å². The number of rotatable bonds is 9. The maximum Gasteiger partial charge on any atom is 0.375 e. The van der Waals surface area contributed by atoms with E-state index in [1.807, 2.05) is 30.3 Å². The molecule has 35 heavy (non-hydrogen) atoms. The fourth-order valence-electron chi connectivity index (χ4n) is 3.97. The lowest BCUT2D eigenvalue weighted by Crippen LogP contribution is -2.45. The first kappa shape index (κ1) is 25.3. The summed E-state index contributed by atoms with van der Waals surface area (Å²) in [7, 11) is 2.30. The van der Waals surface area contributed by atoms with E-state index in [4.69, 9.17) is 16.3 Å². The molecule has 1 fully saturated rings. The average molecular weight is 514 g/mol. The smallest absolute Gasteiger partial charge is 0.375 e. The largest absolute Gasteiger partial charge is 0.495 e. The van der Waals surface area contributed by atoms with Crippen molar-refractivity contribution in [2.45, 2.75) is 6.42 Å². The molecule has 1 aromatic heterocycles. The second kappa shape index (κ2) is 11.8. The third-order valence-electron chi connectivity index (χ3n) is 6.07. The molecule has 2 aromatic carbocycles. The van der Waals surface area contributed by atoms with Crippen LogP contribution in [-0.4, -0.2) is 73.3 Å². The lowest BCUT2D eigenvalue weighted by atomic mass is 10.1. The summed E-state index contributed by atoms with van der Waals surface area (Å²) in [5, 5.41) is 7.50. The lowest BCUT2D eigenvalue weighted by molar-refractivity contribution is 0.155. The van der Waals surface area contributed by atoms with Crippen LogP contribution in [0.4, 0.5) is 23.1 Å². The highest BCUT2D eigenvalue weighted by molar-refractivity contribution is 7.53. The van der Waals surface area contributed by atoms with Crippen LogP contribution in [0.15, 0.2) is 48.7 Å². The van der Waals surface area contributed by atoms with Gasteiger partial charge in [-0.05, 0) is 43.3 Å². The summed E-state index contributed by atoms with van der Waals surface area (Å²) in [6, 6.07) is 13.5. The number of aromatic nitrogens is 2. The Morgan fingerprint density at radius 2 is 1.86 bits per heavy atom. The van der Waals surface area contributed by atoms with Gasteiger partial charge in [-0.1, -0.05) is 34.4 Å². The molecule has 184 valence electrons. The van der Waals surface area contributed by atoms with Crippen LogP contribution in [0.3, 0.4) is 0 Å². The van der Waals surface area contributed by atoms with E-state index in [0.29, 0.717) is 27.8 Å². The SMILES string of the molecule is COc1cc(CCN2CCN(C)CC2)ccc1Nc1ncc(Cl)c(Nc2ccccc2[P+](C)=O)n1. The van der Waals surface area contributed by atoms with Gasteiger partial charge in [0.05, 0.1) is 24.7 Å². The third kappa shape index (κ3) is 6.67. The monoisotopic (exact) mass is 513 g/mol. The number of halogens is 1. The number of para-hydroxylation sites is 1. The zero-order chi connectivity index (χ0) is 24.8. The number of methoxy groups -OCH3 is 1. The summed E-state index contributed by atoms with van der Waals surface area (Å²) in [6.45, 7) is 7.15. The molecule has 3 aromatic rings. The van der Waals surface area contributed by atoms with Crippen molar-refractivity contribution in [3.63, 3.8) is 0 Å². The summed E-state index contributed by atoms with van der Waals surface area (Å²) in [5.41, 5.74) is 2.68. The predicted octanol–water partition coefficient (Wildman–Crippen LogP) is 4.50. The molecule has 0 spiro atoms. The van der Waals surface area contributed by atoms with E-state index in [2.05, 4.69) is 49.6 Å². The Balaban J connectivity index is 1.46. The fraction of sp³-hybridized carbons (Fsp3) is 0.360. The van der Waals surface area contributed by atoms with Gasteiger partial charge in [-0.15, -0.1) is 0 Å². The van der Waals surface area contributed by atoms with E-state index in [1.54, 1.807) is 13.8 Å². The van der Waals surface area contributed by atoms with Gasteiger partial charge in [-0.2, -0.15) is 4.98 Å². The number of ether oxygens (including phenoxy) is 1. The molecule has 0 saturated carbocycles. The van der Waals surface area contributed by atoms with Gasteiger partial charge in [0.15, 0.2) is 5.82 Å². The quantitative estimate of drug-likeness (QED) is 0.405. The van der Waals surface area contributed by atoms with E-state index in [0.717, 1.165) is 50.6 Å². The molecule has 4 rings (SSSR count). The minimum absolute atomic E-state index is 0.364. The van der Waals surface area contributed by atoms with Crippen molar-refractivity contribution >= 4 is 47.8 Å². The van der Waals surface area contributed by atoms with Crippen LogP contribution in [0.5, 0.6) is 5.75 Å². The number of nitrogens with one attached hydrogen (secondary N) is 2. The molecular weight excluding hydrogens is 483 g/mol. The maximum absolute atomic E-state index is 12.1. The van der Waals surface area contributed by atoms with Crippen LogP contribution in [-0.2, 0) is 11.0 Å². The average Bonchev–Trinajstić information content (AvgIpc) is 2.86. The minimum Gasteiger partial charge on any atom is -0.495 e. The van der Waals surface area contributed by atoms with Gasteiger partial charge in [0.25, 0.3) is 0 Å². The summed E-state index contributed by atoms with van der Waals surface area (Å²) in [5.74, 6) is 1.53. The molecule has 0 aliphatic carbocycles. The number of hydrogen-bond donors (Lipinski definition) is 2. The van der Waals surface area contributed by atoms with Gasteiger partial charge in [0.2, 0.25) is 11.3 Å². The van der Waals surface area contributed by atoms with Crippen molar-refractivity contribution in [1.29, 1.82) is 0 Å². The third-order valence-corrected chi connectivity index (χ3v) is 7.41. The van der Waals surface area contributed by atoms with Crippen LogP contribution >= 0.6 is 19.4 Å². The second-order valence-electron chi connectivity index (χ2n) is 8.58. The zero-order valence-electron chi connectivity index (χ0n) is 20.3. The van der Waals surface area contributed by atoms with E-state index >= 15 is 0 Å². The first-order chi connectivity index (χ1) is 16.9. The van der Waals surface area contributed by atoms with Crippen molar-refractivity contribution in [3.8, 4) is 5.75 Å². The van der Waals surface area contributed by atoms with Crippen LogP contribution in [0, 0.1) is 0 Å². The highest BCUT2D eigenvalue weighted by Crippen LogP contribution is 2.31. The predicted molar refractivity (Wildman–Crippen MR) is 144 cm³/mol. The normalized spacial score (nSPS) is 15.0. The first-order valence-electron chi connectivity index (χ1n) is 11.6. The van der Waals surface area contributed by atoms with Crippen molar-refractivity contribution in [2.24, 2.45) is 0 Å². The number of hydrogen-bond acceptors (Lipinski definition) is 8. The molecule has 0 bridgehead atoms. The highest BCUT2D eigenvalue weighted by Gasteiger charge is 2.19. The Kier molecular flexibility index (Phi) is 8.52. The second-order valence-corrected chi connectivity index (χ2v) is 10.5. The molecule has 0 amide bonds. The van der Waals surface area contributed by atoms with Gasteiger partial charge < -0.3 is 25.2 Å². The standard InChI is InChI=1S/C25H31ClN6O2P/c1-31-12-14-32(15-13-31)11-10-18-8-9-20(22(16-18)34-2)29-25-27-17-19(26)24(30-25)28-21-6-4-5-7-23(21)35(3)33/h4-9,16-17H,10-15H2,1-3H3,(H2,27,28,29,30)/q+1. The summed E-state index contributed by atoms with van der Waals surface area (Å²) < 4.78 is 17.8. The Labute approximate surface area is 212 Å². The van der Waals surface area contributed by atoms with E-state index in [1.165, 1.54) is 11.8 Å². The number of anilines is 4. The molecule has 1 atom stereocenters. The topological polar surface area (TPSA) is 82.6 Å². The van der Waals surface area contributed by atoms with Crippen LogP contribution in [0.1, 0.15) is 5.56 Å². The van der Waals surface area contributed by atoms with Crippen LogP contribution in [0.25, 0.3) is 0 Å². The molecule has 1 saturated heterocycles. The lowest BCUT2D eigenvalue weighted by Gasteiger charge is -2.32. The van der Waals surface area contributed by atoms with Crippen LogP contribution < -0.4 is 20.7 Å². The summed E-state index contributed by atoms with van der Waals surface area (Å²) >= 11 is 6.35. The molecule has 2 N–H and O–H groups in total. The number of piperazine rings is 1. The van der Waals surface area contributed by atoms with Gasteiger partial charge in [0, 0.05) is 32.7 Å². The molecule has 0 radical (unpaired) electrons. The number of nitrogens with zero attached hydrogens (tertiary/aromatic N) is 4. The summed E-state index contributed by atoms with van der Waals surface area (Å²) in [4.78, 5) is 13.7. The molecular formula is C25H31ClN6O2P+. The van der Waals surface area contributed by atoms with Crippen molar-refractivity contribution < 1.29 is 9.30 Å².